The van der Waals surface area contributed by atoms with E-state index >= 15 is 0 Å². The second-order valence-corrected chi connectivity index (χ2v) is 5.03. The molecule has 20 heavy (non-hydrogen) atoms. The monoisotopic (exact) mass is 270 g/mol. The van der Waals surface area contributed by atoms with Crippen molar-refractivity contribution in [2.45, 2.75) is 25.4 Å². The normalized spacial score (nSPS) is 18.1. The zero-order chi connectivity index (χ0) is 13.8. The van der Waals surface area contributed by atoms with Crippen LogP contribution in [0.2, 0.25) is 0 Å². The Balaban J connectivity index is 1.57. The maximum Gasteiger partial charge on any atom is 0.237 e. The highest BCUT2D eigenvalue weighted by atomic mass is 16.2. The lowest BCUT2D eigenvalue weighted by Crippen LogP contribution is -2.39. The molecular weight excluding hydrogens is 252 g/mol. The van der Waals surface area contributed by atoms with Gasteiger partial charge in [0, 0.05) is 12.7 Å². The summed E-state index contributed by atoms with van der Waals surface area (Å²) in [5.41, 5.74) is 3.19. The summed E-state index contributed by atoms with van der Waals surface area (Å²) >= 11 is 0. The Morgan fingerprint density at radius 2 is 2.15 bits per heavy atom. The quantitative estimate of drug-likeness (QED) is 0.787. The van der Waals surface area contributed by atoms with E-state index in [-0.39, 0.29) is 11.9 Å². The standard InChI is InChI=1S/C15H18N4O/c20-15(14-2-1-8-16-14)17-10-11-3-5-12(6-4-11)13-7-9-18-19-13/h3-7,9,14,16H,1-2,8,10H2,(H,17,20)(H,18,19)/t14-/m1/s1. The first-order chi connectivity index (χ1) is 9.83. The van der Waals surface area contributed by atoms with Gasteiger partial charge in [-0.05, 0) is 36.6 Å². The van der Waals surface area contributed by atoms with Crippen LogP contribution in [-0.4, -0.2) is 28.7 Å². The highest BCUT2D eigenvalue weighted by molar-refractivity contribution is 5.82. The first-order valence-electron chi connectivity index (χ1n) is 6.93. The highest BCUT2D eigenvalue weighted by Gasteiger charge is 2.21. The Morgan fingerprint density at radius 3 is 2.80 bits per heavy atom. The van der Waals surface area contributed by atoms with Crippen LogP contribution >= 0.6 is 0 Å². The summed E-state index contributed by atoms with van der Waals surface area (Å²) in [4.78, 5) is 11.9. The van der Waals surface area contributed by atoms with Crippen LogP contribution in [0.3, 0.4) is 0 Å². The zero-order valence-electron chi connectivity index (χ0n) is 11.2. The van der Waals surface area contributed by atoms with Gasteiger partial charge in [-0.1, -0.05) is 24.3 Å². The maximum atomic E-state index is 11.9. The van der Waals surface area contributed by atoms with Crippen LogP contribution in [-0.2, 0) is 11.3 Å². The molecule has 1 aliphatic heterocycles. The molecule has 0 unspecified atom stereocenters. The lowest BCUT2D eigenvalue weighted by Gasteiger charge is -2.11. The number of rotatable bonds is 4. The van der Waals surface area contributed by atoms with Crippen molar-refractivity contribution in [1.29, 1.82) is 0 Å². The molecule has 1 aromatic carbocycles. The molecule has 1 aliphatic rings. The molecular formula is C15H18N4O. The van der Waals surface area contributed by atoms with Crippen LogP contribution in [0.15, 0.2) is 36.5 Å². The van der Waals surface area contributed by atoms with Crippen molar-refractivity contribution in [3.63, 3.8) is 0 Å². The van der Waals surface area contributed by atoms with E-state index in [2.05, 4.69) is 20.8 Å². The van der Waals surface area contributed by atoms with Crippen LogP contribution in [0.4, 0.5) is 0 Å². The molecule has 3 rings (SSSR count). The fourth-order valence-electron chi connectivity index (χ4n) is 2.44. The fraction of sp³-hybridized carbons (Fsp3) is 0.333. The van der Waals surface area contributed by atoms with Crippen molar-refractivity contribution < 1.29 is 4.79 Å². The smallest absolute Gasteiger partial charge is 0.237 e. The SMILES string of the molecule is O=C(NCc1ccc(-c2ccn[nH]2)cc1)[C@H]1CCCN1. The Kier molecular flexibility index (Phi) is 3.78. The fourth-order valence-corrected chi connectivity index (χ4v) is 2.44. The number of aromatic amines is 1. The Labute approximate surface area is 117 Å². The molecule has 0 aliphatic carbocycles. The summed E-state index contributed by atoms with van der Waals surface area (Å²) in [7, 11) is 0. The van der Waals surface area contributed by atoms with Crippen LogP contribution in [0.1, 0.15) is 18.4 Å². The van der Waals surface area contributed by atoms with E-state index < -0.39 is 0 Å². The van der Waals surface area contributed by atoms with E-state index in [0.717, 1.165) is 36.2 Å². The summed E-state index contributed by atoms with van der Waals surface area (Å²) in [6.07, 6.45) is 3.75. The number of benzene rings is 1. The van der Waals surface area contributed by atoms with Crippen LogP contribution in [0.5, 0.6) is 0 Å². The molecule has 0 bridgehead atoms. The molecule has 1 aromatic heterocycles. The Morgan fingerprint density at radius 1 is 1.30 bits per heavy atom. The van der Waals surface area contributed by atoms with Gasteiger partial charge >= 0.3 is 0 Å². The Hall–Kier alpha value is -2.14. The largest absolute Gasteiger partial charge is 0.351 e. The third kappa shape index (κ3) is 2.88. The molecule has 0 radical (unpaired) electrons. The van der Waals surface area contributed by atoms with Crippen molar-refractivity contribution in [1.82, 2.24) is 20.8 Å². The molecule has 1 saturated heterocycles. The third-order valence-corrected chi connectivity index (χ3v) is 3.61. The number of H-pyrrole nitrogens is 1. The van der Waals surface area contributed by atoms with Gasteiger partial charge in [-0.2, -0.15) is 5.10 Å². The van der Waals surface area contributed by atoms with Crippen molar-refractivity contribution in [3.05, 3.63) is 42.1 Å². The minimum Gasteiger partial charge on any atom is -0.351 e. The van der Waals surface area contributed by atoms with Crippen LogP contribution < -0.4 is 10.6 Å². The van der Waals surface area contributed by atoms with Crippen molar-refractivity contribution in [2.75, 3.05) is 6.54 Å². The second kappa shape index (κ2) is 5.88. The van der Waals surface area contributed by atoms with E-state index in [1.807, 2.05) is 30.3 Å². The van der Waals surface area contributed by atoms with Gasteiger partial charge in [0.1, 0.15) is 0 Å². The number of hydrogen-bond donors (Lipinski definition) is 3. The van der Waals surface area contributed by atoms with E-state index in [0.29, 0.717) is 6.54 Å². The van der Waals surface area contributed by atoms with E-state index in [9.17, 15) is 4.79 Å². The predicted molar refractivity (Wildman–Crippen MR) is 76.9 cm³/mol. The minimum atomic E-state index is -0.0146. The molecule has 1 fully saturated rings. The first-order valence-corrected chi connectivity index (χ1v) is 6.93. The number of amides is 1. The van der Waals surface area contributed by atoms with E-state index in [4.69, 9.17) is 0 Å². The Bertz CT molecular complexity index is 556. The number of hydrogen-bond acceptors (Lipinski definition) is 3. The summed E-state index contributed by atoms with van der Waals surface area (Å²) in [6, 6.07) is 10.0. The molecule has 2 heterocycles. The molecule has 0 spiro atoms. The van der Waals surface area contributed by atoms with Crippen LogP contribution in [0.25, 0.3) is 11.3 Å². The lowest BCUT2D eigenvalue weighted by molar-refractivity contribution is -0.122. The number of aromatic nitrogens is 2. The number of nitrogens with zero attached hydrogens (tertiary/aromatic N) is 1. The van der Waals surface area contributed by atoms with Gasteiger partial charge in [0.05, 0.1) is 11.7 Å². The molecule has 3 N–H and O–H groups in total. The zero-order valence-corrected chi connectivity index (χ0v) is 11.2. The molecule has 104 valence electrons. The molecule has 5 nitrogen and oxygen atoms in total. The van der Waals surface area contributed by atoms with E-state index in [1.165, 1.54) is 0 Å². The van der Waals surface area contributed by atoms with Gasteiger partial charge in [-0.25, -0.2) is 0 Å². The summed E-state index contributed by atoms with van der Waals surface area (Å²) in [6.45, 7) is 1.51. The summed E-state index contributed by atoms with van der Waals surface area (Å²) in [5, 5.41) is 13.0. The summed E-state index contributed by atoms with van der Waals surface area (Å²) < 4.78 is 0. The molecule has 1 amide bonds. The van der Waals surface area contributed by atoms with E-state index in [1.54, 1.807) is 6.20 Å². The maximum absolute atomic E-state index is 11.9. The third-order valence-electron chi connectivity index (χ3n) is 3.61. The van der Waals surface area contributed by atoms with Gasteiger partial charge in [0.2, 0.25) is 5.91 Å². The van der Waals surface area contributed by atoms with Gasteiger partial charge < -0.3 is 10.6 Å². The van der Waals surface area contributed by atoms with Gasteiger partial charge in [0.25, 0.3) is 0 Å². The summed E-state index contributed by atoms with van der Waals surface area (Å²) in [5.74, 6) is 0.0974. The molecule has 5 heteroatoms. The molecule has 1 atom stereocenters. The number of carbonyl (C=O) groups excluding carboxylic acids is 1. The van der Waals surface area contributed by atoms with Crippen molar-refractivity contribution in [2.24, 2.45) is 0 Å². The number of nitrogens with one attached hydrogen (secondary N) is 3. The average molecular weight is 270 g/mol. The van der Waals surface area contributed by atoms with Crippen LogP contribution in [0, 0.1) is 0 Å². The molecule has 2 aromatic rings. The van der Waals surface area contributed by atoms with Gasteiger partial charge in [0.15, 0.2) is 0 Å². The topological polar surface area (TPSA) is 69.8 Å². The average Bonchev–Trinajstić information content (AvgIpc) is 3.18. The lowest BCUT2D eigenvalue weighted by atomic mass is 10.1. The van der Waals surface area contributed by atoms with Gasteiger partial charge in [-0.3, -0.25) is 9.89 Å². The first kappa shape index (κ1) is 12.9. The second-order valence-electron chi connectivity index (χ2n) is 5.03. The predicted octanol–water partition coefficient (Wildman–Crippen LogP) is 1.44. The number of carbonyl (C=O) groups is 1. The van der Waals surface area contributed by atoms with Gasteiger partial charge in [-0.15, -0.1) is 0 Å². The highest BCUT2D eigenvalue weighted by Crippen LogP contribution is 2.16. The molecule has 0 saturated carbocycles. The van der Waals surface area contributed by atoms with Crippen molar-refractivity contribution >= 4 is 5.91 Å². The van der Waals surface area contributed by atoms with Crippen molar-refractivity contribution in [3.8, 4) is 11.3 Å². The minimum absolute atomic E-state index is 0.0146.